The molecular weight excluding hydrogens is 100 g/mol. The first-order valence-corrected chi connectivity index (χ1v) is 2.31. The molecule has 1 heteroatoms. The van der Waals surface area contributed by atoms with Crippen LogP contribution < -0.4 is 4.74 Å². The maximum absolute atomic E-state index is 4.63. The first-order valence-electron chi connectivity index (χ1n) is 2.31. The predicted molar refractivity (Wildman–Crippen MR) is 31.3 cm³/mol. The molecule has 0 atom stereocenters. The summed E-state index contributed by atoms with van der Waals surface area (Å²) in [5, 5.41) is 0. The molecular formula is C7H6O. The highest BCUT2D eigenvalue weighted by Gasteiger charge is 1.81. The molecule has 0 N–H and O–H groups in total. The van der Waals surface area contributed by atoms with Gasteiger partial charge in [0, 0.05) is 0 Å². The molecule has 2 radical (unpaired) electrons. The van der Waals surface area contributed by atoms with Crippen LogP contribution in [0.2, 0.25) is 0 Å². The van der Waals surface area contributed by atoms with Gasteiger partial charge in [-0.05, 0) is 18.2 Å². The Morgan fingerprint density at radius 2 is 2.50 bits per heavy atom. The van der Waals surface area contributed by atoms with E-state index in [-0.39, 0.29) is 0 Å². The van der Waals surface area contributed by atoms with Crippen LogP contribution in [0.4, 0.5) is 0 Å². The molecule has 1 aromatic rings. The van der Waals surface area contributed by atoms with Crippen molar-refractivity contribution in [1.82, 2.24) is 0 Å². The van der Waals surface area contributed by atoms with Crippen LogP contribution in [0.5, 0.6) is 5.75 Å². The molecule has 0 saturated heterocycles. The molecule has 0 unspecified atom stereocenters. The Morgan fingerprint density at radius 1 is 1.62 bits per heavy atom. The van der Waals surface area contributed by atoms with Gasteiger partial charge in [-0.3, -0.25) is 0 Å². The number of hydrogen-bond acceptors (Lipinski definition) is 1. The van der Waals surface area contributed by atoms with E-state index in [2.05, 4.69) is 17.9 Å². The van der Waals surface area contributed by atoms with Gasteiger partial charge in [-0.25, -0.2) is 0 Å². The number of benzene rings is 1. The minimum absolute atomic E-state index is 0.743. The van der Waals surface area contributed by atoms with Gasteiger partial charge < -0.3 is 4.74 Å². The number of hydrogen-bond donors (Lipinski definition) is 0. The Balaban J connectivity index is 2.83. The zero-order valence-electron chi connectivity index (χ0n) is 4.42. The number of rotatable bonds is 1. The summed E-state index contributed by atoms with van der Waals surface area (Å²) < 4.78 is 4.63. The molecule has 8 heavy (non-hydrogen) atoms. The molecule has 0 saturated carbocycles. The topological polar surface area (TPSA) is 9.23 Å². The van der Waals surface area contributed by atoms with Crippen LogP contribution in [0.15, 0.2) is 24.3 Å². The maximum Gasteiger partial charge on any atom is 0.122 e. The van der Waals surface area contributed by atoms with Crippen molar-refractivity contribution >= 4 is 0 Å². The predicted octanol–water partition coefficient (Wildman–Crippen LogP) is 1.66. The monoisotopic (exact) mass is 106 g/mol. The van der Waals surface area contributed by atoms with Gasteiger partial charge in [0.1, 0.15) is 12.9 Å². The Kier molecular flexibility index (Phi) is 1.52. The smallest absolute Gasteiger partial charge is 0.122 e. The molecule has 0 fully saturated rings. The third kappa shape index (κ3) is 0.997. The van der Waals surface area contributed by atoms with E-state index in [0.29, 0.717) is 0 Å². The Hall–Kier alpha value is -0.980. The standard InChI is InChI=1S/C7H6O/c1-8-7-5-3-2-4-6-7/h2-3,5-6H,1H2. The first kappa shape index (κ1) is 5.16. The normalized spacial score (nSPS) is 8.62. The van der Waals surface area contributed by atoms with E-state index in [1.165, 1.54) is 0 Å². The first-order chi connectivity index (χ1) is 3.93. The lowest BCUT2D eigenvalue weighted by Gasteiger charge is -1.93. The highest BCUT2D eigenvalue weighted by molar-refractivity contribution is 5.19. The third-order valence-corrected chi connectivity index (χ3v) is 0.845. The summed E-state index contributed by atoms with van der Waals surface area (Å²) in [6, 6.07) is 10.1. The van der Waals surface area contributed by atoms with E-state index in [9.17, 15) is 0 Å². The van der Waals surface area contributed by atoms with Gasteiger partial charge in [-0.15, -0.1) is 0 Å². The second-order valence-electron chi connectivity index (χ2n) is 1.38. The van der Waals surface area contributed by atoms with Gasteiger partial charge in [0.2, 0.25) is 0 Å². The summed E-state index contributed by atoms with van der Waals surface area (Å²) in [5.41, 5.74) is 0. The minimum atomic E-state index is 0.743. The zero-order chi connectivity index (χ0) is 5.82. The fourth-order valence-electron chi connectivity index (χ4n) is 0.467. The molecule has 0 aliphatic carbocycles. The lowest BCUT2D eigenvalue weighted by Crippen LogP contribution is -1.74. The highest BCUT2D eigenvalue weighted by atomic mass is 16.5. The van der Waals surface area contributed by atoms with Crippen LogP contribution in [0.25, 0.3) is 0 Å². The molecule has 0 spiro atoms. The van der Waals surface area contributed by atoms with Crippen molar-refractivity contribution in [3.8, 4) is 5.75 Å². The summed E-state index contributed by atoms with van der Waals surface area (Å²) in [5.74, 6) is 0.743. The van der Waals surface area contributed by atoms with Crippen LogP contribution in [-0.2, 0) is 0 Å². The van der Waals surface area contributed by atoms with Crippen molar-refractivity contribution in [2.24, 2.45) is 0 Å². The van der Waals surface area contributed by atoms with E-state index in [4.69, 9.17) is 0 Å². The fraction of sp³-hybridized carbons (Fsp3) is 0. The second kappa shape index (κ2) is 2.36. The van der Waals surface area contributed by atoms with Crippen molar-refractivity contribution in [3.05, 3.63) is 37.4 Å². The summed E-state index contributed by atoms with van der Waals surface area (Å²) in [6.45, 7) is 0. The lowest BCUT2D eigenvalue weighted by atomic mass is 10.3. The molecule has 0 aromatic heterocycles. The minimum Gasteiger partial charge on any atom is -0.490 e. The lowest BCUT2D eigenvalue weighted by molar-refractivity contribution is 0.473. The highest BCUT2D eigenvalue weighted by Crippen LogP contribution is 2.05. The molecule has 0 amide bonds. The van der Waals surface area contributed by atoms with Crippen molar-refractivity contribution < 1.29 is 4.74 Å². The Labute approximate surface area is 48.9 Å². The van der Waals surface area contributed by atoms with Crippen LogP contribution in [-0.4, -0.2) is 0 Å². The van der Waals surface area contributed by atoms with Crippen molar-refractivity contribution in [2.75, 3.05) is 0 Å². The Morgan fingerprint density at radius 3 is 2.88 bits per heavy atom. The average Bonchev–Trinajstić information content (AvgIpc) is 1.90. The van der Waals surface area contributed by atoms with Gasteiger partial charge in [0.05, 0.1) is 0 Å². The van der Waals surface area contributed by atoms with E-state index < -0.39 is 0 Å². The largest absolute Gasteiger partial charge is 0.490 e. The molecule has 0 aliphatic heterocycles. The van der Waals surface area contributed by atoms with Crippen LogP contribution in [0.3, 0.4) is 0 Å². The van der Waals surface area contributed by atoms with Crippen molar-refractivity contribution in [3.63, 3.8) is 0 Å². The molecule has 1 nitrogen and oxygen atoms in total. The van der Waals surface area contributed by atoms with Gasteiger partial charge in [0.25, 0.3) is 0 Å². The SMILES string of the molecule is [CH2]Oc1c[c]ccc1. The summed E-state index contributed by atoms with van der Waals surface area (Å²) in [4.78, 5) is 0. The zero-order valence-corrected chi connectivity index (χ0v) is 4.42. The van der Waals surface area contributed by atoms with Crippen LogP contribution in [0.1, 0.15) is 0 Å². The number of ether oxygens (including phenoxy) is 1. The van der Waals surface area contributed by atoms with Crippen molar-refractivity contribution in [1.29, 1.82) is 0 Å². The fourth-order valence-corrected chi connectivity index (χ4v) is 0.467. The van der Waals surface area contributed by atoms with E-state index in [0.717, 1.165) is 5.75 Å². The maximum atomic E-state index is 4.63. The van der Waals surface area contributed by atoms with E-state index in [1.807, 2.05) is 18.2 Å². The van der Waals surface area contributed by atoms with Gasteiger partial charge >= 0.3 is 0 Å². The summed E-state index contributed by atoms with van der Waals surface area (Å²) >= 11 is 0. The third-order valence-electron chi connectivity index (χ3n) is 0.845. The average molecular weight is 106 g/mol. The second-order valence-corrected chi connectivity index (χ2v) is 1.38. The van der Waals surface area contributed by atoms with Gasteiger partial charge in [0.15, 0.2) is 0 Å². The molecule has 40 valence electrons. The van der Waals surface area contributed by atoms with E-state index >= 15 is 0 Å². The van der Waals surface area contributed by atoms with E-state index in [1.54, 1.807) is 6.07 Å². The van der Waals surface area contributed by atoms with Gasteiger partial charge in [-0.1, -0.05) is 12.1 Å². The molecule has 0 aliphatic rings. The molecule has 1 aromatic carbocycles. The van der Waals surface area contributed by atoms with Crippen LogP contribution >= 0.6 is 0 Å². The Bertz CT molecular complexity index is 146. The summed E-state index contributed by atoms with van der Waals surface area (Å²) in [6.07, 6.45) is 0. The van der Waals surface area contributed by atoms with Crippen LogP contribution in [0, 0.1) is 13.2 Å². The van der Waals surface area contributed by atoms with Crippen molar-refractivity contribution in [2.45, 2.75) is 0 Å². The summed E-state index contributed by atoms with van der Waals surface area (Å²) in [7, 11) is 3.24. The quantitative estimate of drug-likeness (QED) is 0.529. The molecule has 0 bridgehead atoms. The molecule has 0 heterocycles. The van der Waals surface area contributed by atoms with Gasteiger partial charge in [-0.2, -0.15) is 0 Å². The molecule has 1 rings (SSSR count).